The van der Waals surface area contributed by atoms with Gasteiger partial charge in [0.05, 0.1) is 26.4 Å². The van der Waals surface area contributed by atoms with Gasteiger partial charge in [-0.2, -0.15) is 0 Å². The summed E-state index contributed by atoms with van der Waals surface area (Å²) in [5.74, 6) is 0. The molecule has 0 N–H and O–H groups in total. The van der Waals surface area contributed by atoms with Crippen molar-refractivity contribution in [2.45, 2.75) is 25.9 Å². The van der Waals surface area contributed by atoms with Crippen molar-refractivity contribution < 1.29 is 9.47 Å². The first-order valence-corrected chi connectivity index (χ1v) is 6.42. The Kier molecular flexibility index (Phi) is 4.58. The van der Waals surface area contributed by atoms with E-state index in [-0.39, 0.29) is 0 Å². The van der Waals surface area contributed by atoms with Gasteiger partial charge in [0.1, 0.15) is 0 Å². The average Bonchev–Trinajstić information content (AvgIpc) is 2.39. The number of ether oxygens (including phenoxy) is 2. The highest BCUT2D eigenvalue weighted by Crippen LogP contribution is 2.14. The fourth-order valence-electron chi connectivity index (χ4n) is 2.58. The number of hydrogen-bond acceptors (Lipinski definition) is 4. The van der Waals surface area contributed by atoms with Crippen LogP contribution < -0.4 is 0 Å². The molecule has 0 saturated carbocycles. The molecule has 4 nitrogen and oxygen atoms in total. The molecular formula is C12H24N2O2. The predicted molar refractivity (Wildman–Crippen MR) is 63.7 cm³/mol. The molecule has 0 radical (unpaired) electrons. The van der Waals surface area contributed by atoms with Crippen LogP contribution in [-0.4, -0.2) is 74.5 Å². The molecule has 94 valence electrons. The highest BCUT2D eigenvalue weighted by Gasteiger charge is 2.27. The third-order valence-corrected chi connectivity index (χ3v) is 3.94. The van der Waals surface area contributed by atoms with Crippen molar-refractivity contribution in [3.05, 3.63) is 0 Å². The van der Waals surface area contributed by atoms with Crippen LogP contribution in [0.15, 0.2) is 0 Å². The molecular weight excluding hydrogens is 204 g/mol. The normalized spacial score (nSPS) is 28.9. The molecule has 2 aliphatic heterocycles. The van der Waals surface area contributed by atoms with Gasteiger partial charge < -0.3 is 9.47 Å². The smallest absolute Gasteiger partial charge is 0.0594 e. The summed E-state index contributed by atoms with van der Waals surface area (Å²) in [5.41, 5.74) is 0. The Morgan fingerprint density at radius 3 is 1.31 bits per heavy atom. The van der Waals surface area contributed by atoms with E-state index in [0.29, 0.717) is 12.1 Å². The minimum atomic E-state index is 0.613. The molecule has 2 unspecified atom stereocenters. The lowest BCUT2D eigenvalue weighted by Crippen LogP contribution is -2.54. The van der Waals surface area contributed by atoms with E-state index in [1.807, 2.05) is 0 Å². The van der Waals surface area contributed by atoms with Crippen molar-refractivity contribution in [2.75, 3.05) is 52.6 Å². The fraction of sp³-hybridized carbons (Fsp3) is 1.00. The standard InChI is InChI=1S/C12H24N2O2/c1-11(13-3-7-15-8-4-13)12(2)14-5-9-16-10-6-14/h11-12H,3-10H2,1-2H3. The predicted octanol–water partition coefficient (Wildman–Crippen LogP) is 0.428. The van der Waals surface area contributed by atoms with Gasteiger partial charge >= 0.3 is 0 Å². The van der Waals surface area contributed by atoms with Crippen LogP contribution in [-0.2, 0) is 9.47 Å². The lowest BCUT2D eigenvalue weighted by Gasteiger charge is -2.41. The summed E-state index contributed by atoms with van der Waals surface area (Å²) < 4.78 is 10.8. The fourth-order valence-corrected chi connectivity index (χ4v) is 2.58. The van der Waals surface area contributed by atoms with E-state index >= 15 is 0 Å². The van der Waals surface area contributed by atoms with Crippen LogP contribution in [0.2, 0.25) is 0 Å². The lowest BCUT2D eigenvalue weighted by molar-refractivity contribution is -0.0268. The average molecular weight is 228 g/mol. The number of nitrogens with zero attached hydrogens (tertiary/aromatic N) is 2. The largest absolute Gasteiger partial charge is 0.379 e. The zero-order valence-electron chi connectivity index (χ0n) is 10.5. The van der Waals surface area contributed by atoms with Crippen LogP contribution in [0.25, 0.3) is 0 Å². The molecule has 4 heteroatoms. The van der Waals surface area contributed by atoms with Gasteiger partial charge in [-0.25, -0.2) is 0 Å². The van der Waals surface area contributed by atoms with Gasteiger partial charge in [-0.1, -0.05) is 0 Å². The molecule has 2 saturated heterocycles. The first kappa shape index (κ1) is 12.3. The first-order valence-electron chi connectivity index (χ1n) is 6.42. The Balaban J connectivity index is 1.84. The van der Waals surface area contributed by atoms with Crippen molar-refractivity contribution >= 4 is 0 Å². The van der Waals surface area contributed by atoms with Crippen LogP contribution in [0.3, 0.4) is 0 Å². The molecule has 0 amide bonds. The quantitative estimate of drug-likeness (QED) is 0.699. The Morgan fingerprint density at radius 1 is 0.688 bits per heavy atom. The van der Waals surface area contributed by atoms with Gasteiger partial charge in [0, 0.05) is 38.3 Å². The molecule has 2 atom stereocenters. The van der Waals surface area contributed by atoms with Gasteiger partial charge in [-0.05, 0) is 13.8 Å². The van der Waals surface area contributed by atoms with Gasteiger partial charge in [0.2, 0.25) is 0 Å². The van der Waals surface area contributed by atoms with E-state index in [0.717, 1.165) is 52.6 Å². The highest BCUT2D eigenvalue weighted by molar-refractivity contribution is 4.82. The summed E-state index contributed by atoms with van der Waals surface area (Å²) in [4.78, 5) is 5.09. The van der Waals surface area contributed by atoms with Crippen molar-refractivity contribution in [1.82, 2.24) is 9.80 Å². The van der Waals surface area contributed by atoms with Crippen molar-refractivity contribution in [3.63, 3.8) is 0 Å². The van der Waals surface area contributed by atoms with E-state index < -0.39 is 0 Å². The van der Waals surface area contributed by atoms with Gasteiger partial charge in [0.25, 0.3) is 0 Å². The van der Waals surface area contributed by atoms with Crippen molar-refractivity contribution in [2.24, 2.45) is 0 Å². The maximum atomic E-state index is 5.40. The SMILES string of the molecule is CC(C(C)N1CCOCC1)N1CCOCC1. The third-order valence-electron chi connectivity index (χ3n) is 3.94. The summed E-state index contributed by atoms with van der Waals surface area (Å²) in [6.07, 6.45) is 0. The van der Waals surface area contributed by atoms with E-state index in [1.165, 1.54) is 0 Å². The van der Waals surface area contributed by atoms with E-state index in [9.17, 15) is 0 Å². The summed E-state index contributed by atoms with van der Waals surface area (Å²) in [6.45, 7) is 12.6. The minimum Gasteiger partial charge on any atom is -0.379 e. The van der Waals surface area contributed by atoms with E-state index in [1.54, 1.807) is 0 Å². The van der Waals surface area contributed by atoms with E-state index in [4.69, 9.17) is 9.47 Å². The molecule has 2 rings (SSSR count). The Labute approximate surface area is 98.5 Å². The van der Waals surface area contributed by atoms with Crippen molar-refractivity contribution in [3.8, 4) is 0 Å². The molecule has 0 bridgehead atoms. The van der Waals surface area contributed by atoms with Crippen LogP contribution >= 0.6 is 0 Å². The Bertz CT molecular complexity index is 179. The van der Waals surface area contributed by atoms with Gasteiger partial charge in [0.15, 0.2) is 0 Å². The van der Waals surface area contributed by atoms with Crippen LogP contribution in [0.5, 0.6) is 0 Å². The molecule has 0 aliphatic carbocycles. The third kappa shape index (κ3) is 2.94. The molecule has 0 spiro atoms. The molecule has 16 heavy (non-hydrogen) atoms. The van der Waals surface area contributed by atoms with Crippen LogP contribution in [0.4, 0.5) is 0 Å². The summed E-state index contributed by atoms with van der Waals surface area (Å²) in [5, 5.41) is 0. The van der Waals surface area contributed by atoms with E-state index in [2.05, 4.69) is 23.6 Å². The van der Waals surface area contributed by atoms with Crippen LogP contribution in [0, 0.1) is 0 Å². The molecule has 2 aliphatic rings. The van der Waals surface area contributed by atoms with Gasteiger partial charge in [-0.15, -0.1) is 0 Å². The van der Waals surface area contributed by atoms with Gasteiger partial charge in [-0.3, -0.25) is 9.80 Å². The summed E-state index contributed by atoms with van der Waals surface area (Å²) >= 11 is 0. The molecule has 0 aromatic carbocycles. The number of rotatable bonds is 3. The summed E-state index contributed by atoms with van der Waals surface area (Å²) in [7, 11) is 0. The lowest BCUT2D eigenvalue weighted by atomic mass is 10.1. The maximum absolute atomic E-state index is 5.40. The first-order chi connectivity index (χ1) is 7.79. The number of morpholine rings is 2. The van der Waals surface area contributed by atoms with Crippen LogP contribution in [0.1, 0.15) is 13.8 Å². The second-order valence-corrected chi connectivity index (χ2v) is 4.78. The summed E-state index contributed by atoms with van der Waals surface area (Å²) in [6, 6.07) is 1.23. The molecule has 2 fully saturated rings. The Morgan fingerprint density at radius 2 is 1.00 bits per heavy atom. The monoisotopic (exact) mass is 228 g/mol. The maximum Gasteiger partial charge on any atom is 0.0594 e. The second kappa shape index (κ2) is 5.96. The minimum absolute atomic E-state index is 0.613. The Hall–Kier alpha value is -0.160. The number of hydrogen-bond donors (Lipinski definition) is 0. The zero-order valence-corrected chi connectivity index (χ0v) is 10.5. The highest BCUT2D eigenvalue weighted by atomic mass is 16.5. The second-order valence-electron chi connectivity index (χ2n) is 4.78. The molecule has 0 aromatic heterocycles. The topological polar surface area (TPSA) is 24.9 Å². The zero-order chi connectivity index (χ0) is 11.4. The molecule has 0 aromatic rings. The molecule has 2 heterocycles. The van der Waals surface area contributed by atoms with Crippen molar-refractivity contribution in [1.29, 1.82) is 0 Å².